The summed E-state index contributed by atoms with van der Waals surface area (Å²) in [7, 11) is 1.43. The maximum absolute atomic E-state index is 12.1. The van der Waals surface area contributed by atoms with Crippen LogP contribution in [0.3, 0.4) is 0 Å². The van der Waals surface area contributed by atoms with Gasteiger partial charge in [0.15, 0.2) is 0 Å². The van der Waals surface area contributed by atoms with Crippen molar-refractivity contribution in [2.24, 2.45) is 5.10 Å². The van der Waals surface area contributed by atoms with Crippen molar-refractivity contribution in [2.75, 3.05) is 19.0 Å². The number of rotatable bonds is 6. The molecule has 0 unspecified atom stereocenters. The second-order valence-corrected chi connectivity index (χ2v) is 5.69. The molecule has 6 heteroatoms. The predicted octanol–water partition coefficient (Wildman–Crippen LogP) is 2.03. The smallest absolute Gasteiger partial charge is 0.266 e. The Hall–Kier alpha value is -2.21. The summed E-state index contributed by atoms with van der Waals surface area (Å²) in [6.45, 7) is 1.65. The van der Waals surface area contributed by atoms with Gasteiger partial charge in [-0.1, -0.05) is 12.1 Å². The van der Waals surface area contributed by atoms with Gasteiger partial charge >= 0.3 is 0 Å². The van der Waals surface area contributed by atoms with Gasteiger partial charge < -0.3 is 10.1 Å². The quantitative estimate of drug-likeness (QED) is 0.622. The molecule has 0 aliphatic heterocycles. The summed E-state index contributed by atoms with van der Waals surface area (Å²) in [5.74, 6) is -0.476. The van der Waals surface area contributed by atoms with Crippen molar-refractivity contribution in [1.29, 1.82) is 0 Å². The number of anilines is 1. The number of nitrogens with zero attached hydrogens (tertiary/aromatic N) is 1. The fraction of sp³-hybridized carbons (Fsp3) is 0.471. The molecular weight excluding hydrogens is 294 g/mol. The van der Waals surface area contributed by atoms with Crippen molar-refractivity contribution in [2.45, 2.75) is 39.0 Å². The molecule has 0 aromatic heterocycles. The average molecular weight is 317 g/mol. The molecular formula is C17H23N3O3. The van der Waals surface area contributed by atoms with Crippen LogP contribution in [0, 0.1) is 0 Å². The topological polar surface area (TPSA) is 79.8 Å². The average Bonchev–Trinajstić information content (AvgIpc) is 2.53. The number of aryl methyl sites for hydroxylation is 1. The Morgan fingerprint density at radius 2 is 2.00 bits per heavy atom. The first-order valence-electron chi connectivity index (χ1n) is 7.81. The molecule has 0 saturated carbocycles. The lowest BCUT2D eigenvalue weighted by molar-refractivity contribution is -0.124. The van der Waals surface area contributed by atoms with Crippen LogP contribution in [0.25, 0.3) is 0 Å². The summed E-state index contributed by atoms with van der Waals surface area (Å²) in [6.07, 6.45) is 4.58. The van der Waals surface area contributed by atoms with Crippen molar-refractivity contribution in [3.8, 4) is 0 Å². The Kier molecular flexibility index (Phi) is 6.29. The van der Waals surface area contributed by atoms with Crippen LogP contribution in [0.2, 0.25) is 0 Å². The number of carbonyl (C=O) groups is 2. The molecule has 0 fully saturated rings. The molecule has 0 atom stereocenters. The largest absolute Gasteiger partial charge is 0.375 e. The zero-order valence-electron chi connectivity index (χ0n) is 13.6. The maximum atomic E-state index is 12.1. The highest BCUT2D eigenvalue weighted by atomic mass is 16.5. The van der Waals surface area contributed by atoms with E-state index in [4.69, 9.17) is 0 Å². The van der Waals surface area contributed by atoms with E-state index >= 15 is 0 Å². The molecule has 1 aliphatic rings. The van der Waals surface area contributed by atoms with E-state index in [-0.39, 0.29) is 24.8 Å². The zero-order chi connectivity index (χ0) is 16.7. The molecule has 0 saturated heterocycles. The maximum Gasteiger partial charge on any atom is 0.266 e. The highest BCUT2D eigenvalue weighted by molar-refractivity contribution is 6.06. The minimum atomic E-state index is -0.343. The normalized spacial score (nSPS) is 14.1. The lowest BCUT2D eigenvalue weighted by Crippen LogP contribution is -2.24. The van der Waals surface area contributed by atoms with Gasteiger partial charge in [-0.05, 0) is 49.8 Å². The minimum Gasteiger partial charge on any atom is -0.375 e. The van der Waals surface area contributed by atoms with Crippen LogP contribution in [-0.4, -0.2) is 31.2 Å². The van der Waals surface area contributed by atoms with E-state index in [9.17, 15) is 9.59 Å². The van der Waals surface area contributed by atoms with Gasteiger partial charge in [0, 0.05) is 18.5 Å². The summed E-state index contributed by atoms with van der Waals surface area (Å²) in [6, 6.07) is 6.04. The standard InChI is InChI=1S/C17H23N3O3/c1-12(19-20-17(22)11-23-2)10-16(21)18-15-9-5-7-13-6-3-4-8-14(13)15/h5,7,9H,3-4,6,8,10-11H2,1-2H3,(H,18,21)(H,20,22)/b19-12+. The number of ether oxygens (including phenoxy) is 1. The Morgan fingerprint density at radius 1 is 1.22 bits per heavy atom. The first-order chi connectivity index (χ1) is 11.1. The van der Waals surface area contributed by atoms with Gasteiger partial charge in [-0.15, -0.1) is 0 Å². The van der Waals surface area contributed by atoms with Gasteiger partial charge in [0.25, 0.3) is 5.91 Å². The van der Waals surface area contributed by atoms with E-state index in [2.05, 4.69) is 26.6 Å². The van der Waals surface area contributed by atoms with Crippen molar-refractivity contribution in [3.05, 3.63) is 29.3 Å². The van der Waals surface area contributed by atoms with E-state index in [0.29, 0.717) is 5.71 Å². The molecule has 2 rings (SSSR count). The Bertz CT molecular complexity index is 611. The number of methoxy groups -OCH3 is 1. The number of carbonyl (C=O) groups excluding carboxylic acids is 2. The molecule has 2 amide bonds. The minimum absolute atomic E-state index is 0.0564. The second-order valence-electron chi connectivity index (χ2n) is 5.69. The van der Waals surface area contributed by atoms with Gasteiger partial charge in [0.2, 0.25) is 5.91 Å². The summed E-state index contributed by atoms with van der Waals surface area (Å²) >= 11 is 0. The van der Waals surface area contributed by atoms with Crippen LogP contribution in [0.15, 0.2) is 23.3 Å². The monoisotopic (exact) mass is 317 g/mol. The first kappa shape index (κ1) is 17.1. The van der Waals surface area contributed by atoms with E-state index in [1.807, 2.05) is 12.1 Å². The summed E-state index contributed by atoms with van der Waals surface area (Å²) in [4.78, 5) is 23.4. The third-order valence-electron chi connectivity index (χ3n) is 3.73. The molecule has 23 heavy (non-hydrogen) atoms. The Labute approximate surface area is 136 Å². The summed E-state index contributed by atoms with van der Waals surface area (Å²) in [5.41, 5.74) is 6.35. The van der Waals surface area contributed by atoms with Crippen LogP contribution < -0.4 is 10.7 Å². The molecule has 6 nitrogen and oxygen atoms in total. The third kappa shape index (κ3) is 5.17. The van der Waals surface area contributed by atoms with E-state index < -0.39 is 0 Å². The zero-order valence-corrected chi connectivity index (χ0v) is 13.6. The molecule has 1 aromatic rings. The highest BCUT2D eigenvalue weighted by Crippen LogP contribution is 2.27. The van der Waals surface area contributed by atoms with Gasteiger partial charge in [-0.25, -0.2) is 5.43 Å². The molecule has 0 spiro atoms. The number of fused-ring (bicyclic) bond motifs is 1. The molecule has 0 heterocycles. The molecule has 0 bridgehead atoms. The third-order valence-corrected chi connectivity index (χ3v) is 3.73. The number of benzene rings is 1. The number of hydrazone groups is 1. The summed E-state index contributed by atoms with van der Waals surface area (Å²) in [5, 5.41) is 6.84. The summed E-state index contributed by atoms with van der Waals surface area (Å²) < 4.78 is 4.69. The number of nitrogens with one attached hydrogen (secondary N) is 2. The molecule has 2 N–H and O–H groups in total. The molecule has 124 valence electrons. The lowest BCUT2D eigenvalue weighted by atomic mass is 9.90. The SMILES string of the molecule is COCC(=O)N/N=C(\C)CC(=O)Nc1cccc2c1CCCC2. The van der Waals surface area contributed by atoms with E-state index in [1.165, 1.54) is 24.7 Å². The van der Waals surface area contributed by atoms with Crippen molar-refractivity contribution in [1.82, 2.24) is 5.43 Å². The fourth-order valence-corrected chi connectivity index (χ4v) is 2.69. The van der Waals surface area contributed by atoms with Crippen LogP contribution in [0.4, 0.5) is 5.69 Å². The number of hydrogen-bond donors (Lipinski definition) is 2. The van der Waals surface area contributed by atoms with E-state index in [1.54, 1.807) is 6.92 Å². The van der Waals surface area contributed by atoms with Crippen LogP contribution in [-0.2, 0) is 27.2 Å². The van der Waals surface area contributed by atoms with Crippen LogP contribution >= 0.6 is 0 Å². The van der Waals surface area contributed by atoms with Crippen LogP contribution in [0.5, 0.6) is 0 Å². The van der Waals surface area contributed by atoms with Gasteiger partial charge in [0.05, 0.1) is 6.42 Å². The van der Waals surface area contributed by atoms with Gasteiger partial charge in [0.1, 0.15) is 6.61 Å². The van der Waals surface area contributed by atoms with Gasteiger partial charge in [-0.3, -0.25) is 9.59 Å². The molecule has 1 aromatic carbocycles. The predicted molar refractivity (Wildman–Crippen MR) is 89.5 cm³/mol. The second kappa shape index (κ2) is 8.43. The van der Waals surface area contributed by atoms with Gasteiger partial charge in [-0.2, -0.15) is 5.10 Å². The van der Waals surface area contributed by atoms with E-state index in [0.717, 1.165) is 24.9 Å². The first-order valence-corrected chi connectivity index (χ1v) is 7.81. The number of amides is 2. The van der Waals surface area contributed by atoms with Crippen LogP contribution in [0.1, 0.15) is 37.3 Å². The fourth-order valence-electron chi connectivity index (χ4n) is 2.69. The number of hydrogen-bond acceptors (Lipinski definition) is 4. The highest BCUT2D eigenvalue weighted by Gasteiger charge is 2.14. The lowest BCUT2D eigenvalue weighted by Gasteiger charge is -2.19. The van der Waals surface area contributed by atoms with Crippen molar-refractivity contribution >= 4 is 23.2 Å². The Morgan fingerprint density at radius 3 is 2.78 bits per heavy atom. The Balaban J connectivity index is 1.92. The van der Waals surface area contributed by atoms with Crippen molar-refractivity contribution in [3.63, 3.8) is 0 Å². The molecule has 1 aliphatic carbocycles. The van der Waals surface area contributed by atoms with Crippen molar-refractivity contribution < 1.29 is 14.3 Å². The molecule has 0 radical (unpaired) electrons.